The van der Waals surface area contributed by atoms with E-state index in [4.69, 9.17) is 14.2 Å². The van der Waals surface area contributed by atoms with Gasteiger partial charge in [-0.2, -0.15) is 0 Å². The summed E-state index contributed by atoms with van der Waals surface area (Å²) in [4.78, 5) is 24.7. The minimum absolute atomic E-state index is 0.0515. The van der Waals surface area contributed by atoms with Crippen LogP contribution in [0.4, 0.5) is 11.4 Å². The van der Waals surface area contributed by atoms with Gasteiger partial charge in [0.15, 0.2) is 11.5 Å². The minimum atomic E-state index is -3.76. The Morgan fingerprint density at radius 1 is 1.10 bits per heavy atom. The number of ether oxygens (including phenoxy) is 3. The van der Waals surface area contributed by atoms with E-state index in [-0.39, 0.29) is 24.7 Å². The number of fused-ring (bicyclic) bond motifs is 1. The average molecular weight is 448 g/mol. The Morgan fingerprint density at radius 3 is 2.55 bits per heavy atom. The fourth-order valence-electron chi connectivity index (χ4n) is 2.96. The number of hydrogen-bond donors (Lipinski definition) is 1. The number of sulfonamides is 1. The number of amides is 1. The van der Waals surface area contributed by atoms with E-state index < -0.39 is 28.4 Å². The molecule has 1 aliphatic heterocycles. The van der Waals surface area contributed by atoms with Crippen molar-refractivity contribution in [2.24, 2.45) is 0 Å². The third-order valence-electron chi connectivity index (χ3n) is 4.65. The molecule has 0 saturated heterocycles. The number of nitrogens with one attached hydrogen (secondary N) is 1. The number of carbonyl (C=O) groups is 2. The Balaban J connectivity index is 1.83. The molecule has 3 rings (SSSR count). The van der Waals surface area contributed by atoms with Gasteiger partial charge < -0.3 is 19.5 Å². The van der Waals surface area contributed by atoms with Crippen LogP contribution >= 0.6 is 0 Å². The van der Waals surface area contributed by atoms with Gasteiger partial charge >= 0.3 is 5.97 Å². The Labute approximate surface area is 181 Å². The Morgan fingerprint density at radius 2 is 1.84 bits per heavy atom. The molecule has 0 radical (unpaired) electrons. The lowest BCUT2D eigenvalue weighted by Crippen LogP contribution is -2.39. The number of esters is 1. The van der Waals surface area contributed by atoms with Crippen LogP contribution in [0.15, 0.2) is 36.4 Å². The number of rotatable bonds is 8. The first kappa shape index (κ1) is 22.4. The van der Waals surface area contributed by atoms with Crippen LogP contribution in [0.1, 0.15) is 29.8 Å². The van der Waals surface area contributed by atoms with E-state index in [1.54, 1.807) is 38.1 Å². The average Bonchev–Trinajstić information content (AvgIpc) is 3.21. The summed E-state index contributed by atoms with van der Waals surface area (Å²) in [7, 11) is -3.76. The van der Waals surface area contributed by atoms with Gasteiger partial charge in [-0.1, -0.05) is 6.07 Å². The molecule has 0 bridgehead atoms. The Bertz CT molecular complexity index is 1100. The molecule has 31 heavy (non-hydrogen) atoms. The van der Waals surface area contributed by atoms with Crippen LogP contribution < -0.4 is 19.1 Å². The van der Waals surface area contributed by atoms with E-state index in [9.17, 15) is 18.0 Å². The Hall–Kier alpha value is -3.27. The highest BCUT2D eigenvalue weighted by atomic mass is 32.2. The molecule has 0 saturated carbocycles. The van der Waals surface area contributed by atoms with Crippen molar-refractivity contribution in [1.29, 1.82) is 0 Å². The molecule has 0 aromatic heterocycles. The van der Waals surface area contributed by atoms with Crippen molar-refractivity contribution >= 4 is 33.3 Å². The summed E-state index contributed by atoms with van der Waals surface area (Å²) in [5, 5.41) is 2.69. The van der Waals surface area contributed by atoms with E-state index in [0.29, 0.717) is 22.9 Å². The molecule has 0 spiro atoms. The summed E-state index contributed by atoms with van der Waals surface area (Å²) >= 11 is 0. The number of anilines is 2. The molecule has 1 aliphatic rings. The van der Waals surface area contributed by atoms with Gasteiger partial charge in [-0.15, -0.1) is 0 Å². The molecular weight excluding hydrogens is 424 g/mol. The summed E-state index contributed by atoms with van der Waals surface area (Å²) in [5.41, 5.74) is 1.69. The van der Waals surface area contributed by atoms with E-state index in [1.165, 1.54) is 19.1 Å². The van der Waals surface area contributed by atoms with Crippen molar-refractivity contribution in [2.45, 2.75) is 20.8 Å². The van der Waals surface area contributed by atoms with Gasteiger partial charge in [-0.25, -0.2) is 13.2 Å². The highest BCUT2D eigenvalue weighted by Gasteiger charge is 2.26. The maximum atomic E-state index is 12.8. The largest absolute Gasteiger partial charge is 0.462 e. The summed E-state index contributed by atoms with van der Waals surface area (Å²) in [6.07, 6.45) is 0. The molecule has 1 N–H and O–H groups in total. The molecule has 0 atom stereocenters. The van der Waals surface area contributed by atoms with E-state index >= 15 is 0 Å². The number of carbonyl (C=O) groups excluding carboxylic acids is 2. The smallest absolute Gasteiger partial charge is 0.338 e. The summed E-state index contributed by atoms with van der Waals surface area (Å²) in [6, 6.07) is 9.46. The molecule has 0 fully saturated rings. The van der Waals surface area contributed by atoms with Gasteiger partial charge in [0.1, 0.15) is 6.54 Å². The first-order valence-electron chi connectivity index (χ1n) is 9.72. The third kappa shape index (κ3) is 5.08. The summed E-state index contributed by atoms with van der Waals surface area (Å²) < 4.78 is 42.0. The minimum Gasteiger partial charge on any atom is -0.462 e. The molecule has 1 amide bonds. The standard InChI is InChI=1S/C21H24N2O7S/c1-4-28-21(25)15-7-6-14(3)17(10-15)22-20(24)12-23(31(26,27)5-2)16-8-9-18-19(11-16)30-13-29-18/h6-11H,4-5,12-13H2,1-3H3,(H,22,24). The number of aryl methyl sites for hydroxylation is 1. The molecule has 1 heterocycles. The lowest BCUT2D eigenvalue weighted by atomic mass is 10.1. The van der Waals surface area contributed by atoms with Crippen molar-refractivity contribution in [3.63, 3.8) is 0 Å². The molecular formula is C21H24N2O7S. The fraction of sp³-hybridized carbons (Fsp3) is 0.333. The summed E-state index contributed by atoms with van der Waals surface area (Å²) in [5.74, 6) is -0.334. The second-order valence-electron chi connectivity index (χ2n) is 6.74. The van der Waals surface area contributed by atoms with Crippen LogP contribution in [0, 0.1) is 6.92 Å². The third-order valence-corrected chi connectivity index (χ3v) is 6.40. The van der Waals surface area contributed by atoms with Crippen molar-refractivity contribution in [3.8, 4) is 11.5 Å². The van der Waals surface area contributed by atoms with Crippen molar-refractivity contribution < 1.29 is 32.2 Å². The zero-order chi connectivity index (χ0) is 22.6. The van der Waals surface area contributed by atoms with Gasteiger partial charge in [0.2, 0.25) is 22.7 Å². The molecule has 0 unspecified atom stereocenters. The molecule has 2 aromatic rings. The SMILES string of the molecule is CCOC(=O)c1ccc(C)c(NC(=O)CN(c2ccc3c(c2)OCO3)S(=O)(=O)CC)c1. The quantitative estimate of drug-likeness (QED) is 0.618. The highest BCUT2D eigenvalue weighted by molar-refractivity contribution is 7.92. The second kappa shape index (κ2) is 9.25. The zero-order valence-corrected chi connectivity index (χ0v) is 18.3. The van der Waals surface area contributed by atoms with Gasteiger partial charge in [0, 0.05) is 11.8 Å². The van der Waals surface area contributed by atoms with Gasteiger partial charge in [0.05, 0.1) is 23.6 Å². The van der Waals surface area contributed by atoms with Gasteiger partial charge in [-0.05, 0) is 50.6 Å². The molecule has 9 nitrogen and oxygen atoms in total. The van der Waals surface area contributed by atoms with Crippen LogP contribution in [0.2, 0.25) is 0 Å². The maximum Gasteiger partial charge on any atom is 0.338 e. The van der Waals surface area contributed by atoms with Crippen LogP contribution in [-0.2, 0) is 19.6 Å². The van der Waals surface area contributed by atoms with E-state index in [1.807, 2.05) is 0 Å². The first-order chi connectivity index (χ1) is 14.7. The predicted molar refractivity (Wildman–Crippen MR) is 115 cm³/mol. The molecule has 2 aromatic carbocycles. The Kier molecular flexibility index (Phi) is 6.69. The van der Waals surface area contributed by atoms with E-state index in [0.717, 1.165) is 9.87 Å². The second-order valence-corrected chi connectivity index (χ2v) is 8.93. The molecule has 10 heteroatoms. The number of hydrogen-bond acceptors (Lipinski definition) is 7. The van der Waals surface area contributed by atoms with Gasteiger partial charge in [-0.3, -0.25) is 9.10 Å². The number of benzene rings is 2. The first-order valence-corrected chi connectivity index (χ1v) is 11.3. The zero-order valence-electron chi connectivity index (χ0n) is 17.5. The fourth-order valence-corrected chi connectivity index (χ4v) is 4.03. The monoisotopic (exact) mass is 448 g/mol. The van der Waals surface area contributed by atoms with Crippen molar-refractivity contribution in [2.75, 3.05) is 35.3 Å². The van der Waals surface area contributed by atoms with E-state index in [2.05, 4.69) is 5.32 Å². The summed E-state index contributed by atoms with van der Waals surface area (Å²) in [6.45, 7) is 4.80. The van der Waals surface area contributed by atoms with Crippen LogP contribution in [0.3, 0.4) is 0 Å². The predicted octanol–water partition coefficient (Wildman–Crippen LogP) is 2.70. The van der Waals surface area contributed by atoms with Crippen molar-refractivity contribution in [3.05, 3.63) is 47.5 Å². The van der Waals surface area contributed by atoms with Crippen molar-refractivity contribution in [1.82, 2.24) is 0 Å². The lowest BCUT2D eigenvalue weighted by Gasteiger charge is -2.23. The maximum absolute atomic E-state index is 12.8. The normalized spacial score (nSPS) is 12.4. The topological polar surface area (TPSA) is 111 Å². The van der Waals surface area contributed by atoms with Crippen LogP contribution in [0.5, 0.6) is 11.5 Å². The molecule has 0 aliphatic carbocycles. The molecule has 166 valence electrons. The van der Waals surface area contributed by atoms with Crippen LogP contribution in [0.25, 0.3) is 0 Å². The van der Waals surface area contributed by atoms with Crippen LogP contribution in [-0.4, -0.2) is 46.0 Å². The lowest BCUT2D eigenvalue weighted by molar-refractivity contribution is -0.114. The number of nitrogens with zero attached hydrogens (tertiary/aromatic N) is 1. The highest BCUT2D eigenvalue weighted by Crippen LogP contribution is 2.36. The van der Waals surface area contributed by atoms with Gasteiger partial charge in [0.25, 0.3) is 0 Å².